The van der Waals surface area contributed by atoms with Crippen LogP contribution in [0.3, 0.4) is 0 Å². The van der Waals surface area contributed by atoms with Gasteiger partial charge in [-0.15, -0.1) is 0 Å². The van der Waals surface area contributed by atoms with Crippen LogP contribution in [0.2, 0.25) is 0 Å². The van der Waals surface area contributed by atoms with E-state index < -0.39 is 0 Å². The first-order chi connectivity index (χ1) is 19.1. The van der Waals surface area contributed by atoms with Gasteiger partial charge in [-0.3, -0.25) is 4.79 Å². The highest BCUT2D eigenvalue weighted by molar-refractivity contribution is 7.09. The van der Waals surface area contributed by atoms with E-state index in [2.05, 4.69) is 59.7 Å². The van der Waals surface area contributed by atoms with Crippen LogP contribution >= 0.6 is 11.3 Å². The Morgan fingerprint density at radius 2 is 1.50 bits per heavy atom. The summed E-state index contributed by atoms with van der Waals surface area (Å²) in [5, 5.41) is 3.05. The topological polar surface area (TPSA) is 42.2 Å². The van der Waals surface area contributed by atoms with Crippen molar-refractivity contribution in [3.63, 3.8) is 0 Å². The van der Waals surface area contributed by atoms with Gasteiger partial charge < -0.3 is 27.0 Å². The molecule has 0 aliphatic heterocycles. The number of anilines is 1. The quantitative estimate of drug-likeness (QED) is 0.122. The molecule has 0 radical (unpaired) electrons. The number of hydrogen-bond acceptors (Lipinski definition) is 3. The summed E-state index contributed by atoms with van der Waals surface area (Å²) in [5.41, 5.74) is 5.30. The van der Waals surface area contributed by atoms with Crippen LogP contribution in [0.15, 0.2) is 60.2 Å². The van der Waals surface area contributed by atoms with Crippen LogP contribution in [-0.2, 0) is 17.8 Å². The van der Waals surface area contributed by atoms with Gasteiger partial charge in [-0.2, -0.15) is 4.57 Å². The van der Waals surface area contributed by atoms with Crippen LogP contribution in [0.1, 0.15) is 106 Å². The zero-order valence-corrected chi connectivity index (χ0v) is 27.0. The molecule has 3 rings (SSSR count). The minimum atomic E-state index is 0. The van der Waals surface area contributed by atoms with Gasteiger partial charge in [-0.1, -0.05) is 113 Å². The van der Waals surface area contributed by atoms with Gasteiger partial charge in [-0.25, -0.2) is 0 Å². The summed E-state index contributed by atoms with van der Waals surface area (Å²) in [7, 11) is 0. The van der Waals surface area contributed by atoms with E-state index in [1.165, 1.54) is 81.1 Å². The van der Waals surface area contributed by atoms with Crippen LogP contribution in [0.5, 0.6) is 5.75 Å². The number of nitrogens with zero attached hydrogens (tertiary/aromatic N) is 1. The second-order valence-corrected chi connectivity index (χ2v) is 11.9. The van der Waals surface area contributed by atoms with Crippen molar-refractivity contribution in [2.75, 3.05) is 11.9 Å². The first-order valence-corrected chi connectivity index (χ1v) is 16.0. The van der Waals surface area contributed by atoms with Gasteiger partial charge in [0.15, 0.2) is 12.7 Å². The van der Waals surface area contributed by atoms with E-state index in [0.717, 1.165) is 36.6 Å². The van der Waals surface area contributed by atoms with Crippen LogP contribution in [0.4, 0.5) is 5.69 Å². The Morgan fingerprint density at radius 1 is 0.850 bits per heavy atom. The smallest absolute Gasteiger partial charge is 0.225 e. The van der Waals surface area contributed by atoms with Gasteiger partial charge in [0.1, 0.15) is 5.75 Å². The fraction of sp³-hybridized carbons (Fsp3) is 0.529. The Kier molecular flexibility index (Phi) is 17.6. The maximum Gasteiger partial charge on any atom is 0.225 e. The molecule has 0 saturated carbocycles. The minimum Gasteiger partial charge on any atom is -1.00 e. The lowest BCUT2D eigenvalue weighted by molar-refractivity contribution is -0.683. The molecule has 0 aliphatic carbocycles. The highest BCUT2D eigenvalue weighted by atomic mass is 79.9. The number of halogens is 1. The number of thiazole rings is 1. The second-order valence-electron chi connectivity index (χ2n) is 10.8. The normalized spacial score (nSPS) is 10.8. The highest BCUT2D eigenvalue weighted by Crippen LogP contribution is 2.17. The van der Waals surface area contributed by atoms with Gasteiger partial charge in [0, 0.05) is 17.7 Å². The van der Waals surface area contributed by atoms with Crippen molar-refractivity contribution < 1.29 is 31.1 Å². The Morgan fingerprint density at radius 3 is 2.12 bits per heavy atom. The molecule has 6 heteroatoms. The van der Waals surface area contributed by atoms with E-state index in [1.54, 1.807) is 11.3 Å². The molecule has 1 N–H and O–H groups in total. The third kappa shape index (κ3) is 14.5. The summed E-state index contributed by atoms with van der Waals surface area (Å²) in [6.07, 6.45) is 19.6. The monoisotopic (exact) mass is 628 g/mol. The highest BCUT2D eigenvalue weighted by Gasteiger charge is 2.08. The van der Waals surface area contributed by atoms with Gasteiger partial charge in [0.2, 0.25) is 11.4 Å². The summed E-state index contributed by atoms with van der Waals surface area (Å²) in [4.78, 5) is 13.8. The first-order valence-electron chi connectivity index (χ1n) is 15.2. The molecular formula is C34H49BrN2O2S. The van der Waals surface area contributed by atoms with E-state index in [9.17, 15) is 4.79 Å². The second kappa shape index (κ2) is 20.7. The Hall–Kier alpha value is -2.18. The van der Waals surface area contributed by atoms with Crippen molar-refractivity contribution in [3.8, 4) is 5.75 Å². The Labute approximate surface area is 257 Å². The van der Waals surface area contributed by atoms with Crippen molar-refractivity contribution in [1.29, 1.82) is 0 Å². The fourth-order valence-corrected chi connectivity index (χ4v) is 5.49. The predicted molar refractivity (Wildman–Crippen MR) is 165 cm³/mol. The molecule has 3 aromatic rings. The minimum absolute atomic E-state index is 0. The fourth-order valence-electron chi connectivity index (χ4n) is 4.85. The molecule has 220 valence electrons. The Balaban J connectivity index is 0.00000560. The lowest BCUT2D eigenvalue weighted by Gasteiger charge is -2.08. The molecule has 0 aliphatic rings. The number of aryl methyl sites for hydroxylation is 2. The zero-order chi connectivity index (χ0) is 27.5. The number of unbranched alkanes of at least 4 members (excludes halogenated alkanes) is 11. The molecule has 0 saturated heterocycles. The van der Waals surface area contributed by atoms with Crippen molar-refractivity contribution in [3.05, 3.63) is 76.2 Å². The number of carbonyl (C=O) groups is 1. The largest absolute Gasteiger partial charge is 1.00 e. The average Bonchev–Trinajstić information content (AvgIpc) is 3.35. The third-order valence-electron chi connectivity index (χ3n) is 7.13. The molecule has 0 unspecified atom stereocenters. The van der Waals surface area contributed by atoms with E-state index in [4.69, 9.17) is 4.74 Å². The lowest BCUT2D eigenvalue weighted by atomic mass is 10.1. The number of aromatic nitrogens is 1. The molecule has 0 bridgehead atoms. The number of nitrogens with one attached hydrogen (secondary N) is 1. The maximum absolute atomic E-state index is 12.5. The molecule has 1 amide bonds. The molecule has 0 fully saturated rings. The van der Waals surface area contributed by atoms with Crippen molar-refractivity contribution in [2.24, 2.45) is 0 Å². The molecule has 0 spiro atoms. The number of hydrogen-bond donors (Lipinski definition) is 1. The van der Waals surface area contributed by atoms with Crippen LogP contribution in [0.25, 0.3) is 0 Å². The molecular weight excluding hydrogens is 580 g/mol. The average molecular weight is 630 g/mol. The lowest BCUT2D eigenvalue weighted by Crippen LogP contribution is -3.00. The van der Waals surface area contributed by atoms with Crippen LogP contribution in [-0.4, -0.2) is 12.5 Å². The van der Waals surface area contributed by atoms with Crippen molar-refractivity contribution in [1.82, 2.24) is 0 Å². The SMILES string of the molecule is CCCCCCCCCCCCCCOc1ccc(CCC(=O)Nc2cccc(C[n+]3csc(C)c3)c2)cc1.[Br-]. The summed E-state index contributed by atoms with van der Waals surface area (Å²) >= 11 is 1.74. The summed E-state index contributed by atoms with van der Waals surface area (Å²) in [6, 6.07) is 16.3. The number of rotatable bonds is 20. The summed E-state index contributed by atoms with van der Waals surface area (Å²) in [5.74, 6) is 0.959. The maximum atomic E-state index is 12.5. The van der Waals surface area contributed by atoms with E-state index in [-0.39, 0.29) is 22.9 Å². The van der Waals surface area contributed by atoms with Gasteiger partial charge in [-0.05, 0) is 49.6 Å². The number of carbonyl (C=O) groups excluding carboxylic acids is 1. The number of ether oxygens (including phenoxy) is 1. The third-order valence-corrected chi connectivity index (χ3v) is 7.98. The van der Waals surface area contributed by atoms with Crippen LogP contribution < -0.4 is 31.6 Å². The van der Waals surface area contributed by atoms with Crippen LogP contribution in [0, 0.1) is 6.92 Å². The standard InChI is InChI=1S/C34H48N2O2S.BrH/c1-3-4-5-6-7-8-9-10-11-12-13-14-24-38-33-21-18-30(19-22-33)20-23-34(37)35-32-17-15-16-31(25-32)27-36-26-29(2)39-28-36;/h15-19,21-22,25-26,28H,3-14,20,23-24,27H2,1-2H3;1H. The summed E-state index contributed by atoms with van der Waals surface area (Å²) in [6.45, 7) is 5.98. The molecule has 4 nitrogen and oxygen atoms in total. The first kappa shape index (κ1) is 34.0. The number of benzene rings is 2. The van der Waals surface area contributed by atoms with Gasteiger partial charge in [0.25, 0.3) is 0 Å². The molecule has 40 heavy (non-hydrogen) atoms. The van der Waals surface area contributed by atoms with Gasteiger partial charge >= 0.3 is 0 Å². The number of amides is 1. The zero-order valence-electron chi connectivity index (χ0n) is 24.6. The van der Waals surface area contributed by atoms with Crippen molar-refractivity contribution in [2.45, 2.75) is 110 Å². The predicted octanol–water partition coefficient (Wildman–Crippen LogP) is 6.05. The molecule has 2 aromatic carbocycles. The Bertz CT molecular complexity index is 1080. The van der Waals surface area contributed by atoms with E-state index in [0.29, 0.717) is 12.8 Å². The summed E-state index contributed by atoms with van der Waals surface area (Å²) < 4.78 is 8.11. The molecule has 1 heterocycles. The molecule has 1 aromatic heterocycles. The van der Waals surface area contributed by atoms with Gasteiger partial charge in [0.05, 0.1) is 11.5 Å². The molecule has 0 atom stereocenters. The van der Waals surface area contributed by atoms with Crippen molar-refractivity contribution >= 4 is 22.9 Å². The van der Waals surface area contributed by atoms with E-state index in [1.807, 2.05) is 24.3 Å². The van der Waals surface area contributed by atoms with E-state index >= 15 is 0 Å².